The van der Waals surface area contributed by atoms with Crippen molar-refractivity contribution in [2.45, 2.75) is 18.9 Å². The van der Waals surface area contributed by atoms with E-state index in [1.54, 1.807) is 0 Å². The number of hydrogen-bond donors (Lipinski definition) is 1. The van der Waals surface area contributed by atoms with Crippen molar-refractivity contribution in [3.63, 3.8) is 0 Å². The molecule has 1 aromatic heterocycles. The molecule has 18 heavy (non-hydrogen) atoms. The summed E-state index contributed by atoms with van der Waals surface area (Å²) in [5.41, 5.74) is 2.46. The monoisotopic (exact) mass is 307 g/mol. The van der Waals surface area contributed by atoms with Gasteiger partial charge in [-0.1, -0.05) is 28.1 Å². The second-order valence-electron chi connectivity index (χ2n) is 4.50. The van der Waals surface area contributed by atoms with Crippen LogP contribution in [-0.4, -0.2) is 22.9 Å². The molecule has 1 heterocycles. The average molecular weight is 308 g/mol. The molecule has 0 saturated heterocycles. The lowest BCUT2D eigenvalue weighted by Gasteiger charge is -2.15. The molecule has 0 aliphatic carbocycles. The maximum Gasteiger partial charge on any atom is 0.0640 e. The van der Waals surface area contributed by atoms with Crippen molar-refractivity contribution in [1.29, 1.82) is 0 Å². The van der Waals surface area contributed by atoms with Crippen LogP contribution < -0.4 is 5.32 Å². The molecule has 1 N–H and O–H groups in total. The summed E-state index contributed by atoms with van der Waals surface area (Å²) in [6, 6.07) is 10.9. The molecule has 0 saturated carbocycles. The minimum Gasteiger partial charge on any atom is -0.316 e. The number of hydrogen-bond acceptors (Lipinski definition) is 2. The van der Waals surface area contributed by atoms with Gasteiger partial charge >= 0.3 is 0 Å². The third-order valence-electron chi connectivity index (χ3n) is 3.00. The molecule has 0 aliphatic rings. The SMILES string of the molecule is CNC(Cc1cccc(Br)c1)Cc1ccn(C)n1. The molecule has 2 aromatic rings. The summed E-state index contributed by atoms with van der Waals surface area (Å²) in [4.78, 5) is 0. The fourth-order valence-corrected chi connectivity index (χ4v) is 2.50. The number of nitrogens with zero attached hydrogens (tertiary/aromatic N) is 2. The summed E-state index contributed by atoms with van der Waals surface area (Å²) < 4.78 is 2.98. The molecule has 0 aliphatic heterocycles. The van der Waals surface area contributed by atoms with E-state index >= 15 is 0 Å². The van der Waals surface area contributed by atoms with Crippen LogP contribution in [0.4, 0.5) is 0 Å². The zero-order chi connectivity index (χ0) is 13.0. The molecule has 3 nitrogen and oxygen atoms in total. The molecule has 1 aromatic carbocycles. The normalized spacial score (nSPS) is 12.6. The van der Waals surface area contributed by atoms with Crippen molar-refractivity contribution in [3.8, 4) is 0 Å². The molecule has 0 radical (unpaired) electrons. The summed E-state index contributed by atoms with van der Waals surface area (Å²) in [6.45, 7) is 0. The maximum atomic E-state index is 4.43. The number of halogens is 1. The van der Waals surface area contributed by atoms with E-state index in [-0.39, 0.29) is 0 Å². The van der Waals surface area contributed by atoms with E-state index in [4.69, 9.17) is 0 Å². The Morgan fingerprint density at radius 2 is 2.17 bits per heavy atom. The number of benzene rings is 1. The van der Waals surface area contributed by atoms with Gasteiger partial charge in [0, 0.05) is 30.2 Å². The van der Waals surface area contributed by atoms with E-state index in [0.717, 1.165) is 23.0 Å². The Morgan fingerprint density at radius 1 is 1.33 bits per heavy atom. The Balaban J connectivity index is 2.01. The Labute approximate surface area is 116 Å². The molecule has 0 fully saturated rings. The van der Waals surface area contributed by atoms with Crippen LogP contribution in [0.2, 0.25) is 0 Å². The molecular formula is C14H18BrN3. The smallest absolute Gasteiger partial charge is 0.0640 e. The van der Waals surface area contributed by atoms with E-state index < -0.39 is 0 Å². The number of aromatic nitrogens is 2. The first-order valence-corrected chi connectivity index (χ1v) is 6.87. The fraction of sp³-hybridized carbons (Fsp3) is 0.357. The third-order valence-corrected chi connectivity index (χ3v) is 3.50. The van der Waals surface area contributed by atoms with Crippen molar-refractivity contribution in [2.24, 2.45) is 7.05 Å². The molecule has 1 unspecified atom stereocenters. The van der Waals surface area contributed by atoms with Crippen molar-refractivity contribution in [1.82, 2.24) is 15.1 Å². The first-order chi connectivity index (χ1) is 8.67. The molecule has 0 spiro atoms. The van der Waals surface area contributed by atoms with Crippen LogP contribution in [0.25, 0.3) is 0 Å². The summed E-state index contributed by atoms with van der Waals surface area (Å²) in [7, 11) is 3.96. The van der Waals surface area contributed by atoms with Crippen molar-refractivity contribution < 1.29 is 0 Å². The predicted molar refractivity (Wildman–Crippen MR) is 77.6 cm³/mol. The highest BCUT2D eigenvalue weighted by Crippen LogP contribution is 2.14. The van der Waals surface area contributed by atoms with Crippen LogP contribution in [0.1, 0.15) is 11.3 Å². The maximum absolute atomic E-state index is 4.43. The van der Waals surface area contributed by atoms with Gasteiger partial charge in [0.05, 0.1) is 5.69 Å². The molecule has 1 atom stereocenters. The lowest BCUT2D eigenvalue weighted by Crippen LogP contribution is -2.30. The zero-order valence-corrected chi connectivity index (χ0v) is 12.3. The summed E-state index contributed by atoms with van der Waals surface area (Å²) >= 11 is 3.51. The molecule has 0 bridgehead atoms. The second kappa shape index (κ2) is 6.16. The quantitative estimate of drug-likeness (QED) is 0.920. The van der Waals surface area contributed by atoms with Crippen LogP contribution in [0.15, 0.2) is 41.0 Å². The van der Waals surface area contributed by atoms with E-state index in [2.05, 4.69) is 56.7 Å². The minimum absolute atomic E-state index is 0.411. The Hall–Kier alpha value is -1.13. The Kier molecular flexibility index (Phi) is 4.55. The van der Waals surface area contributed by atoms with Gasteiger partial charge in [-0.2, -0.15) is 5.10 Å². The van der Waals surface area contributed by atoms with Gasteiger partial charge in [0.1, 0.15) is 0 Å². The second-order valence-corrected chi connectivity index (χ2v) is 5.42. The molecule has 0 amide bonds. The van der Waals surface area contributed by atoms with Crippen LogP contribution >= 0.6 is 15.9 Å². The van der Waals surface area contributed by atoms with Crippen LogP contribution in [0, 0.1) is 0 Å². The lowest BCUT2D eigenvalue weighted by molar-refractivity contribution is 0.545. The van der Waals surface area contributed by atoms with Gasteiger partial charge in [-0.05, 0) is 37.2 Å². The summed E-state index contributed by atoms with van der Waals surface area (Å²) in [6.07, 6.45) is 3.94. The number of nitrogens with one attached hydrogen (secondary N) is 1. The fourth-order valence-electron chi connectivity index (χ4n) is 2.05. The third kappa shape index (κ3) is 3.68. The first-order valence-electron chi connectivity index (χ1n) is 6.07. The van der Waals surface area contributed by atoms with Crippen molar-refractivity contribution in [2.75, 3.05) is 7.05 Å². The molecule has 4 heteroatoms. The topological polar surface area (TPSA) is 29.9 Å². The molecule has 2 rings (SSSR count). The van der Waals surface area contributed by atoms with Gasteiger partial charge in [-0.25, -0.2) is 0 Å². The average Bonchev–Trinajstić information content (AvgIpc) is 2.74. The van der Waals surface area contributed by atoms with Gasteiger partial charge in [-0.3, -0.25) is 4.68 Å². The van der Waals surface area contributed by atoms with Crippen LogP contribution in [0.5, 0.6) is 0 Å². The molecular weight excluding hydrogens is 290 g/mol. The Morgan fingerprint density at radius 3 is 2.78 bits per heavy atom. The van der Waals surface area contributed by atoms with E-state index in [1.165, 1.54) is 5.56 Å². The van der Waals surface area contributed by atoms with Crippen molar-refractivity contribution in [3.05, 3.63) is 52.3 Å². The van der Waals surface area contributed by atoms with Crippen LogP contribution in [-0.2, 0) is 19.9 Å². The van der Waals surface area contributed by atoms with Gasteiger partial charge in [0.15, 0.2) is 0 Å². The highest BCUT2D eigenvalue weighted by atomic mass is 79.9. The Bertz CT molecular complexity index is 507. The highest BCUT2D eigenvalue weighted by molar-refractivity contribution is 9.10. The van der Waals surface area contributed by atoms with Gasteiger partial charge in [0.25, 0.3) is 0 Å². The number of aryl methyl sites for hydroxylation is 1. The number of likely N-dealkylation sites (N-methyl/N-ethyl adjacent to an activating group) is 1. The van der Waals surface area contributed by atoms with Gasteiger partial charge < -0.3 is 5.32 Å². The number of rotatable bonds is 5. The van der Waals surface area contributed by atoms with Crippen LogP contribution in [0.3, 0.4) is 0 Å². The highest BCUT2D eigenvalue weighted by Gasteiger charge is 2.10. The van der Waals surface area contributed by atoms with E-state index in [1.807, 2.05) is 25.0 Å². The van der Waals surface area contributed by atoms with E-state index in [0.29, 0.717) is 6.04 Å². The van der Waals surface area contributed by atoms with Crippen molar-refractivity contribution >= 4 is 15.9 Å². The summed E-state index contributed by atoms with van der Waals surface area (Å²) in [5, 5.41) is 7.79. The standard InChI is InChI=1S/C14H18BrN3/c1-16-14(10-13-6-7-18(2)17-13)9-11-4-3-5-12(15)8-11/h3-8,14,16H,9-10H2,1-2H3. The predicted octanol–water partition coefficient (Wildman–Crippen LogP) is 2.56. The summed E-state index contributed by atoms with van der Waals surface area (Å²) in [5.74, 6) is 0. The minimum atomic E-state index is 0.411. The largest absolute Gasteiger partial charge is 0.316 e. The van der Waals surface area contributed by atoms with E-state index in [9.17, 15) is 0 Å². The van der Waals surface area contributed by atoms with Gasteiger partial charge in [-0.15, -0.1) is 0 Å². The first kappa shape index (κ1) is 13.3. The molecule has 96 valence electrons. The zero-order valence-electron chi connectivity index (χ0n) is 10.7. The van der Waals surface area contributed by atoms with Gasteiger partial charge in [0.2, 0.25) is 0 Å². The lowest BCUT2D eigenvalue weighted by atomic mass is 10.0.